The van der Waals surface area contributed by atoms with Gasteiger partial charge in [-0.2, -0.15) is 0 Å². The van der Waals surface area contributed by atoms with Crippen LogP contribution in [-0.2, 0) is 6.61 Å². The van der Waals surface area contributed by atoms with Crippen LogP contribution in [-0.4, -0.2) is 0 Å². The maximum atomic E-state index is 14.5. The third-order valence-electron chi connectivity index (χ3n) is 5.73. The Morgan fingerprint density at radius 2 is 1.41 bits per heavy atom. The van der Waals surface area contributed by atoms with Crippen molar-refractivity contribution in [2.75, 3.05) is 0 Å². The molecule has 3 rings (SSSR count). The maximum absolute atomic E-state index is 14.5. The van der Waals surface area contributed by atoms with Gasteiger partial charge in [0.25, 0.3) is 0 Å². The summed E-state index contributed by atoms with van der Waals surface area (Å²) in [6.45, 7) is 1.69. The van der Waals surface area contributed by atoms with Gasteiger partial charge in [-0.3, -0.25) is 0 Å². The first-order valence-electron chi connectivity index (χ1n) is 10.1. The largest absolute Gasteiger partial charge is 0.483 e. The number of halogens is 5. The van der Waals surface area contributed by atoms with Crippen molar-refractivity contribution in [2.45, 2.75) is 64.4 Å². The fourth-order valence-electron chi connectivity index (χ4n) is 4.08. The average molecular weight is 412 g/mol. The minimum Gasteiger partial charge on any atom is -0.483 e. The zero-order valence-corrected chi connectivity index (χ0v) is 16.4. The van der Waals surface area contributed by atoms with Crippen molar-refractivity contribution < 1.29 is 26.7 Å². The molecule has 0 saturated heterocycles. The van der Waals surface area contributed by atoms with E-state index < -0.39 is 41.4 Å². The van der Waals surface area contributed by atoms with Gasteiger partial charge in [-0.25, -0.2) is 22.0 Å². The van der Waals surface area contributed by atoms with E-state index in [1.165, 1.54) is 31.4 Å². The molecular formula is C23H25F5O. The SMILES string of the molecule is CCCCC1CCC(c2cc(F)c(OCc3cc(F)c(F)c(F)c3)c(F)c2)CC1. The van der Waals surface area contributed by atoms with Gasteiger partial charge < -0.3 is 4.74 Å². The molecule has 1 aliphatic rings. The zero-order valence-electron chi connectivity index (χ0n) is 16.4. The van der Waals surface area contributed by atoms with Crippen molar-refractivity contribution in [1.82, 2.24) is 0 Å². The lowest BCUT2D eigenvalue weighted by Gasteiger charge is -2.29. The molecule has 0 amide bonds. The third kappa shape index (κ3) is 5.28. The standard InChI is InChI=1S/C23H25F5O/c1-2-3-4-14-5-7-16(8-6-14)17-11-20(26)23(21(27)12-17)29-13-15-9-18(24)22(28)19(25)10-15/h9-12,14,16H,2-8,13H2,1H3. The second-order valence-electron chi connectivity index (χ2n) is 7.84. The summed E-state index contributed by atoms with van der Waals surface area (Å²) < 4.78 is 73.5. The number of unbranched alkanes of at least 4 members (excludes halogenated alkanes) is 1. The van der Waals surface area contributed by atoms with Crippen molar-refractivity contribution in [3.63, 3.8) is 0 Å². The molecule has 2 aromatic rings. The molecule has 1 fully saturated rings. The Morgan fingerprint density at radius 3 is 1.97 bits per heavy atom. The van der Waals surface area contributed by atoms with Crippen LogP contribution in [0.2, 0.25) is 0 Å². The van der Waals surface area contributed by atoms with E-state index in [0.717, 1.165) is 37.8 Å². The number of benzene rings is 2. The van der Waals surface area contributed by atoms with E-state index in [1.54, 1.807) is 0 Å². The predicted molar refractivity (Wildman–Crippen MR) is 101 cm³/mol. The van der Waals surface area contributed by atoms with E-state index in [2.05, 4.69) is 6.92 Å². The van der Waals surface area contributed by atoms with Crippen LogP contribution in [0.4, 0.5) is 22.0 Å². The van der Waals surface area contributed by atoms with E-state index in [4.69, 9.17) is 4.74 Å². The number of ether oxygens (including phenoxy) is 1. The van der Waals surface area contributed by atoms with Crippen LogP contribution in [0.25, 0.3) is 0 Å². The Hall–Kier alpha value is -2.11. The van der Waals surface area contributed by atoms with E-state index in [1.807, 2.05) is 0 Å². The second kappa shape index (κ2) is 9.59. The normalized spacial score (nSPS) is 19.4. The molecule has 158 valence electrons. The molecule has 0 spiro atoms. The topological polar surface area (TPSA) is 9.23 Å². The molecule has 6 heteroatoms. The van der Waals surface area contributed by atoms with E-state index in [9.17, 15) is 22.0 Å². The molecule has 0 heterocycles. The monoisotopic (exact) mass is 412 g/mol. The molecule has 0 unspecified atom stereocenters. The zero-order chi connectivity index (χ0) is 21.0. The van der Waals surface area contributed by atoms with E-state index >= 15 is 0 Å². The second-order valence-corrected chi connectivity index (χ2v) is 7.84. The van der Waals surface area contributed by atoms with Gasteiger partial charge in [-0.15, -0.1) is 0 Å². The lowest BCUT2D eigenvalue weighted by Crippen LogP contribution is -2.14. The van der Waals surface area contributed by atoms with Crippen molar-refractivity contribution in [2.24, 2.45) is 5.92 Å². The lowest BCUT2D eigenvalue weighted by molar-refractivity contribution is 0.270. The summed E-state index contributed by atoms with van der Waals surface area (Å²) in [4.78, 5) is 0. The Morgan fingerprint density at radius 1 is 0.828 bits per heavy atom. The third-order valence-corrected chi connectivity index (χ3v) is 5.73. The maximum Gasteiger partial charge on any atom is 0.194 e. The summed E-state index contributed by atoms with van der Waals surface area (Å²) in [5.74, 6) is -5.85. The molecule has 1 nitrogen and oxygen atoms in total. The van der Waals surface area contributed by atoms with Crippen LogP contribution < -0.4 is 4.74 Å². The van der Waals surface area contributed by atoms with Gasteiger partial charge in [-0.05, 0) is 72.9 Å². The number of hydrogen-bond donors (Lipinski definition) is 0. The van der Waals surface area contributed by atoms with Crippen LogP contribution in [0.3, 0.4) is 0 Å². The van der Waals surface area contributed by atoms with Gasteiger partial charge in [0.05, 0.1) is 0 Å². The summed E-state index contributed by atoms with van der Waals surface area (Å²) in [6, 6.07) is 4.03. The predicted octanol–water partition coefficient (Wildman–Crippen LogP) is 7.43. The van der Waals surface area contributed by atoms with Crippen LogP contribution in [0.5, 0.6) is 5.75 Å². The number of hydrogen-bond acceptors (Lipinski definition) is 1. The van der Waals surface area contributed by atoms with Gasteiger partial charge in [0.15, 0.2) is 34.8 Å². The first-order chi connectivity index (χ1) is 13.9. The van der Waals surface area contributed by atoms with Crippen LogP contribution in [0.15, 0.2) is 24.3 Å². The fraction of sp³-hybridized carbons (Fsp3) is 0.478. The first-order valence-corrected chi connectivity index (χ1v) is 10.1. The molecular weight excluding hydrogens is 387 g/mol. The van der Waals surface area contributed by atoms with Crippen molar-refractivity contribution in [3.8, 4) is 5.75 Å². The van der Waals surface area contributed by atoms with Gasteiger partial charge in [0.2, 0.25) is 0 Å². The molecule has 0 atom stereocenters. The molecule has 1 aliphatic carbocycles. The molecule has 2 aromatic carbocycles. The summed E-state index contributed by atoms with van der Waals surface area (Å²) >= 11 is 0. The summed E-state index contributed by atoms with van der Waals surface area (Å²) in [6.07, 6.45) is 7.54. The first kappa shape index (κ1) is 21.6. The Bertz CT molecular complexity index is 797. The molecule has 29 heavy (non-hydrogen) atoms. The molecule has 0 bridgehead atoms. The Kier molecular flexibility index (Phi) is 7.14. The highest BCUT2D eigenvalue weighted by Gasteiger charge is 2.24. The Balaban J connectivity index is 1.65. The smallest absolute Gasteiger partial charge is 0.194 e. The molecule has 0 aromatic heterocycles. The average Bonchev–Trinajstić information content (AvgIpc) is 2.70. The minimum absolute atomic E-state index is 0.0605. The van der Waals surface area contributed by atoms with Gasteiger partial charge in [0.1, 0.15) is 6.61 Å². The fourth-order valence-corrected chi connectivity index (χ4v) is 4.08. The minimum atomic E-state index is -1.60. The Labute approximate surface area is 167 Å². The highest BCUT2D eigenvalue weighted by atomic mass is 19.2. The summed E-state index contributed by atoms with van der Waals surface area (Å²) in [5.41, 5.74) is 0.551. The van der Waals surface area contributed by atoms with Gasteiger partial charge in [-0.1, -0.05) is 26.2 Å². The van der Waals surface area contributed by atoms with E-state index in [-0.39, 0.29) is 11.5 Å². The quantitative estimate of drug-likeness (QED) is 0.339. The number of rotatable bonds is 7. The summed E-state index contributed by atoms with van der Waals surface area (Å²) in [5, 5.41) is 0. The van der Waals surface area contributed by atoms with Crippen molar-refractivity contribution in [1.29, 1.82) is 0 Å². The highest BCUT2D eigenvalue weighted by molar-refractivity contribution is 5.34. The van der Waals surface area contributed by atoms with Crippen molar-refractivity contribution >= 4 is 0 Å². The van der Waals surface area contributed by atoms with Crippen LogP contribution in [0.1, 0.15) is 68.9 Å². The van der Waals surface area contributed by atoms with Crippen LogP contribution >= 0.6 is 0 Å². The van der Waals surface area contributed by atoms with Gasteiger partial charge >= 0.3 is 0 Å². The molecule has 1 saturated carbocycles. The molecule has 0 radical (unpaired) electrons. The lowest BCUT2D eigenvalue weighted by atomic mass is 9.77. The van der Waals surface area contributed by atoms with Crippen molar-refractivity contribution in [3.05, 3.63) is 64.5 Å². The van der Waals surface area contributed by atoms with Crippen LogP contribution in [0, 0.1) is 35.0 Å². The highest BCUT2D eigenvalue weighted by Crippen LogP contribution is 2.39. The molecule has 0 aliphatic heterocycles. The molecule has 0 N–H and O–H groups in total. The van der Waals surface area contributed by atoms with Gasteiger partial charge in [0, 0.05) is 0 Å². The van der Waals surface area contributed by atoms with E-state index in [0.29, 0.717) is 11.5 Å². The summed E-state index contributed by atoms with van der Waals surface area (Å²) in [7, 11) is 0.